The highest BCUT2D eigenvalue weighted by atomic mass is 79.9. The molecule has 0 saturated heterocycles. The van der Waals surface area contributed by atoms with Crippen molar-refractivity contribution >= 4 is 21.8 Å². The Hall–Kier alpha value is -1.07. The van der Waals surface area contributed by atoms with Crippen molar-refractivity contribution in [1.82, 2.24) is 5.32 Å². The Labute approximate surface area is 115 Å². The zero-order chi connectivity index (χ0) is 13.4. The predicted octanol–water partition coefficient (Wildman–Crippen LogP) is 2.70. The fourth-order valence-corrected chi connectivity index (χ4v) is 1.59. The molecule has 5 heteroatoms. The van der Waals surface area contributed by atoms with Gasteiger partial charge in [-0.25, -0.2) is 0 Å². The SMILES string of the molecule is CCCCOCCNC(=O)c1ccc(Br)c(O)c1. The van der Waals surface area contributed by atoms with Crippen molar-refractivity contribution in [3.8, 4) is 5.75 Å². The number of rotatable bonds is 7. The fraction of sp³-hybridized carbons (Fsp3) is 0.462. The molecule has 0 aliphatic carbocycles. The van der Waals surface area contributed by atoms with Crippen LogP contribution in [0.1, 0.15) is 30.1 Å². The van der Waals surface area contributed by atoms with Crippen molar-refractivity contribution in [3.63, 3.8) is 0 Å². The summed E-state index contributed by atoms with van der Waals surface area (Å²) in [7, 11) is 0. The van der Waals surface area contributed by atoms with Crippen LogP contribution in [0.4, 0.5) is 0 Å². The summed E-state index contributed by atoms with van der Waals surface area (Å²) in [5.74, 6) is -0.154. The third kappa shape index (κ3) is 5.06. The van der Waals surface area contributed by atoms with Gasteiger partial charge in [-0.3, -0.25) is 4.79 Å². The molecule has 0 atom stereocenters. The standard InChI is InChI=1S/C13H18BrNO3/c1-2-3-7-18-8-6-15-13(17)10-4-5-11(14)12(16)9-10/h4-5,9,16H,2-3,6-8H2,1H3,(H,15,17). The minimum atomic E-state index is -0.211. The van der Waals surface area contributed by atoms with Crippen LogP contribution in [-0.2, 0) is 4.74 Å². The highest BCUT2D eigenvalue weighted by Crippen LogP contribution is 2.24. The molecule has 0 radical (unpaired) electrons. The maximum Gasteiger partial charge on any atom is 0.251 e. The van der Waals surface area contributed by atoms with E-state index in [4.69, 9.17) is 4.74 Å². The minimum absolute atomic E-state index is 0.0573. The molecule has 1 aromatic carbocycles. The van der Waals surface area contributed by atoms with E-state index in [1.165, 1.54) is 6.07 Å². The average Bonchev–Trinajstić information content (AvgIpc) is 2.36. The summed E-state index contributed by atoms with van der Waals surface area (Å²) in [6.45, 7) is 3.81. The zero-order valence-corrected chi connectivity index (χ0v) is 12.0. The van der Waals surface area contributed by atoms with Crippen LogP contribution in [0.15, 0.2) is 22.7 Å². The number of unbranched alkanes of at least 4 members (excludes halogenated alkanes) is 1. The van der Waals surface area contributed by atoms with Crippen LogP contribution in [0.3, 0.4) is 0 Å². The van der Waals surface area contributed by atoms with Crippen molar-refractivity contribution in [2.45, 2.75) is 19.8 Å². The summed E-state index contributed by atoms with van der Waals surface area (Å²) in [6, 6.07) is 4.72. The Morgan fingerprint density at radius 2 is 2.22 bits per heavy atom. The molecule has 0 bridgehead atoms. The Morgan fingerprint density at radius 3 is 2.89 bits per heavy atom. The van der Waals surface area contributed by atoms with Crippen molar-refractivity contribution in [2.75, 3.05) is 19.8 Å². The van der Waals surface area contributed by atoms with Crippen molar-refractivity contribution in [2.24, 2.45) is 0 Å². The molecule has 1 amide bonds. The van der Waals surface area contributed by atoms with Gasteiger partial charge in [-0.05, 0) is 40.5 Å². The third-order valence-electron chi connectivity index (χ3n) is 2.38. The van der Waals surface area contributed by atoms with Crippen LogP contribution in [0.5, 0.6) is 5.75 Å². The highest BCUT2D eigenvalue weighted by Gasteiger charge is 2.07. The lowest BCUT2D eigenvalue weighted by molar-refractivity contribution is 0.0912. The van der Waals surface area contributed by atoms with E-state index >= 15 is 0 Å². The van der Waals surface area contributed by atoms with Gasteiger partial charge in [-0.2, -0.15) is 0 Å². The topological polar surface area (TPSA) is 58.6 Å². The van der Waals surface area contributed by atoms with Gasteiger partial charge in [0, 0.05) is 18.7 Å². The van der Waals surface area contributed by atoms with Crippen LogP contribution in [0.2, 0.25) is 0 Å². The lowest BCUT2D eigenvalue weighted by Gasteiger charge is -2.07. The van der Waals surface area contributed by atoms with Crippen molar-refractivity contribution < 1.29 is 14.6 Å². The maximum atomic E-state index is 11.7. The molecular weight excluding hydrogens is 298 g/mol. The number of nitrogens with one attached hydrogen (secondary N) is 1. The Kier molecular flexibility index (Phi) is 6.75. The molecule has 0 aliphatic heterocycles. The number of benzene rings is 1. The van der Waals surface area contributed by atoms with Crippen molar-refractivity contribution in [1.29, 1.82) is 0 Å². The average molecular weight is 316 g/mol. The van der Waals surface area contributed by atoms with Gasteiger partial charge in [0.25, 0.3) is 5.91 Å². The van der Waals surface area contributed by atoms with E-state index in [2.05, 4.69) is 28.2 Å². The molecule has 1 aromatic rings. The molecule has 0 unspecified atom stereocenters. The summed E-state index contributed by atoms with van der Waals surface area (Å²) >= 11 is 3.16. The van der Waals surface area contributed by atoms with Gasteiger partial charge in [0.1, 0.15) is 5.75 Å². The summed E-state index contributed by atoms with van der Waals surface area (Å²) < 4.78 is 5.90. The fourth-order valence-electron chi connectivity index (χ4n) is 1.34. The number of ether oxygens (including phenoxy) is 1. The Bertz CT molecular complexity index is 396. The normalized spacial score (nSPS) is 10.3. The van der Waals surface area contributed by atoms with Crippen LogP contribution in [0, 0.1) is 0 Å². The van der Waals surface area contributed by atoms with E-state index in [-0.39, 0.29) is 11.7 Å². The van der Waals surface area contributed by atoms with E-state index in [0.717, 1.165) is 19.4 Å². The first-order chi connectivity index (χ1) is 8.65. The number of aromatic hydroxyl groups is 1. The summed E-state index contributed by atoms with van der Waals surface area (Å²) in [6.07, 6.45) is 2.14. The predicted molar refractivity (Wildman–Crippen MR) is 73.9 cm³/mol. The lowest BCUT2D eigenvalue weighted by Crippen LogP contribution is -2.27. The van der Waals surface area contributed by atoms with Crippen LogP contribution in [-0.4, -0.2) is 30.8 Å². The number of hydrogen-bond donors (Lipinski definition) is 2. The van der Waals surface area contributed by atoms with Crippen molar-refractivity contribution in [3.05, 3.63) is 28.2 Å². The zero-order valence-electron chi connectivity index (χ0n) is 10.4. The number of amides is 1. The lowest BCUT2D eigenvalue weighted by atomic mass is 10.2. The van der Waals surface area contributed by atoms with Gasteiger partial charge in [0.05, 0.1) is 11.1 Å². The van der Waals surface area contributed by atoms with Gasteiger partial charge in [0.15, 0.2) is 0 Å². The number of phenolic OH excluding ortho intramolecular Hbond substituents is 1. The molecule has 0 heterocycles. The second-order valence-corrected chi connectivity index (χ2v) is 4.74. The molecule has 4 nitrogen and oxygen atoms in total. The van der Waals surface area contributed by atoms with Gasteiger partial charge < -0.3 is 15.2 Å². The molecule has 100 valence electrons. The molecule has 0 spiro atoms. The van der Waals surface area contributed by atoms with Gasteiger partial charge in [-0.15, -0.1) is 0 Å². The summed E-state index contributed by atoms with van der Waals surface area (Å²) in [4.78, 5) is 11.7. The van der Waals surface area contributed by atoms with Gasteiger partial charge in [-0.1, -0.05) is 13.3 Å². The monoisotopic (exact) mass is 315 g/mol. The quantitative estimate of drug-likeness (QED) is 0.761. The number of hydrogen-bond acceptors (Lipinski definition) is 3. The molecule has 2 N–H and O–H groups in total. The Balaban J connectivity index is 2.30. The first-order valence-electron chi connectivity index (χ1n) is 5.99. The third-order valence-corrected chi connectivity index (χ3v) is 3.05. The van der Waals surface area contributed by atoms with Gasteiger partial charge >= 0.3 is 0 Å². The molecule has 0 aliphatic rings. The van der Waals surface area contributed by atoms with Crippen LogP contribution < -0.4 is 5.32 Å². The molecule has 0 fully saturated rings. The highest BCUT2D eigenvalue weighted by molar-refractivity contribution is 9.10. The second-order valence-electron chi connectivity index (χ2n) is 3.89. The molecular formula is C13H18BrNO3. The summed E-state index contributed by atoms with van der Waals surface area (Å²) in [5, 5.41) is 12.2. The number of phenols is 1. The number of carbonyl (C=O) groups is 1. The first kappa shape index (κ1) is 15.0. The van der Waals surface area contributed by atoms with E-state index in [9.17, 15) is 9.90 Å². The van der Waals surface area contributed by atoms with Crippen LogP contribution in [0.25, 0.3) is 0 Å². The maximum absolute atomic E-state index is 11.7. The first-order valence-corrected chi connectivity index (χ1v) is 6.79. The van der Waals surface area contributed by atoms with Crippen LogP contribution >= 0.6 is 15.9 Å². The largest absolute Gasteiger partial charge is 0.507 e. The number of carbonyl (C=O) groups excluding carboxylic acids is 1. The Morgan fingerprint density at radius 1 is 1.44 bits per heavy atom. The van der Waals surface area contributed by atoms with Gasteiger partial charge in [0.2, 0.25) is 0 Å². The van der Waals surface area contributed by atoms with E-state index in [0.29, 0.717) is 23.2 Å². The molecule has 0 saturated carbocycles. The van der Waals surface area contributed by atoms with E-state index < -0.39 is 0 Å². The number of halogens is 1. The van der Waals surface area contributed by atoms with E-state index in [1.807, 2.05) is 0 Å². The molecule has 18 heavy (non-hydrogen) atoms. The smallest absolute Gasteiger partial charge is 0.251 e. The minimum Gasteiger partial charge on any atom is -0.507 e. The molecule has 1 rings (SSSR count). The summed E-state index contributed by atoms with van der Waals surface area (Å²) in [5.41, 5.74) is 0.434. The molecule has 0 aromatic heterocycles. The second kappa shape index (κ2) is 8.11. The van der Waals surface area contributed by atoms with E-state index in [1.54, 1.807) is 12.1 Å².